The molecule has 0 aliphatic heterocycles. The quantitative estimate of drug-likeness (QED) is 0.359. The Balaban J connectivity index is 1.92. The van der Waals surface area contributed by atoms with E-state index in [0.717, 1.165) is 24.3 Å². The highest BCUT2D eigenvalue weighted by molar-refractivity contribution is 5.31. The first-order chi connectivity index (χ1) is 14.3. The summed E-state index contributed by atoms with van der Waals surface area (Å²) in [5.41, 5.74) is 1.48. The maximum absolute atomic E-state index is 10.6. The third-order valence-electron chi connectivity index (χ3n) is 4.81. The van der Waals surface area contributed by atoms with Crippen LogP contribution in [0.2, 0.25) is 0 Å². The second-order valence-electron chi connectivity index (χ2n) is 7.73. The van der Waals surface area contributed by atoms with Crippen molar-refractivity contribution in [1.29, 1.82) is 0 Å². The van der Waals surface area contributed by atoms with Gasteiger partial charge in [-0.3, -0.25) is 5.32 Å². The molecule has 166 valence electrons. The summed E-state index contributed by atoms with van der Waals surface area (Å²) in [6, 6.07) is 7.25. The molecule has 0 fully saturated rings. The van der Waals surface area contributed by atoms with Gasteiger partial charge in [-0.05, 0) is 64.8 Å². The Morgan fingerprint density at radius 1 is 1.07 bits per heavy atom. The van der Waals surface area contributed by atoms with Crippen LogP contribution >= 0.6 is 0 Å². The number of ether oxygens (including phenoxy) is 2. The van der Waals surface area contributed by atoms with E-state index in [1.807, 2.05) is 45.0 Å². The first kappa shape index (κ1) is 24.1. The SMILES string of the molecule is CCCCOc1ccc(OC(NC(C)CC(O)c2cnc(C)nc2C)C(C)O)cc1. The molecule has 7 heteroatoms. The van der Waals surface area contributed by atoms with Crippen molar-refractivity contribution in [3.8, 4) is 11.5 Å². The molecule has 1 heterocycles. The smallest absolute Gasteiger partial charge is 0.176 e. The zero-order valence-corrected chi connectivity index (χ0v) is 18.6. The van der Waals surface area contributed by atoms with Crippen LogP contribution in [0.3, 0.4) is 0 Å². The molecule has 0 amide bonds. The van der Waals surface area contributed by atoms with E-state index in [-0.39, 0.29) is 6.04 Å². The van der Waals surface area contributed by atoms with Crippen molar-refractivity contribution in [2.75, 3.05) is 6.61 Å². The van der Waals surface area contributed by atoms with Crippen molar-refractivity contribution < 1.29 is 19.7 Å². The summed E-state index contributed by atoms with van der Waals surface area (Å²) in [4.78, 5) is 8.49. The van der Waals surface area contributed by atoms with E-state index in [0.29, 0.717) is 30.2 Å². The lowest BCUT2D eigenvalue weighted by Crippen LogP contribution is -2.47. The third-order valence-corrected chi connectivity index (χ3v) is 4.81. The van der Waals surface area contributed by atoms with Gasteiger partial charge in [0.25, 0.3) is 0 Å². The molecule has 0 aliphatic carbocycles. The minimum absolute atomic E-state index is 0.114. The fourth-order valence-corrected chi connectivity index (χ4v) is 3.10. The van der Waals surface area contributed by atoms with Gasteiger partial charge < -0.3 is 19.7 Å². The largest absolute Gasteiger partial charge is 0.494 e. The number of benzene rings is 1. The third kappa shape index (κ3) is 7.55. The van der Waals surface area contributed by atoms with E-state index in [2.05, 4.69) is 22.2 Å². The summed E-state index contributed by atoms with van der Waals surface area (Å²) >= 11 is 0. The molecule has 1 aromatic heterocycles. The Morgan fingerprint density at radius 2 is 1.73 bits per heavy atom. The zero-order valence-electron chi connectivity index (χ0n) is 18.6. The second-order valence-corrected chi connectivity index (χ2v) is 7.73. The molecule has 0 spiro atoms. The van der Waals surface area contributed by atoms with Crippen molar-refractivity contribution in [3.63, 3.8) is 0 Å². The molecule has 1 aromatic carbocycles. The minimum atomic E-state index is -0.741. The van der Waals surface area contributed by atoms with Crippen LogP contribution in [0.15, 0.2) is 30.5 Å². The molecule has 0 saturated carbocycles. The Bertz CT molecular complexity index is 768. The van der Waals surface area contributed by atoms with Crippen molar-refractivity contribution in [1.82, 2.24) is 15.3 Å². The first-order valence-corrected chi connectivity index (χ1v) is 10.6. The van der Waals surface area contributed by atoms with Gasteiger partial charge in [-0.2, -0.15) is 0 Å². The average Bonchev–Trinajstić information content (AvgIpc) is 2.68. The molecular formula is C23H35N3O4. The fraction of sp³-hybridized carbons (Fsp3) is 0.565. The topological polar surface area (TPSA) is 96.7 Å². The van der Waals surface area contributed by atoms with Gasteiger partial charge in [-0.25, -0.2) is 9.97 Å². The van der Waals surface area contributed by atoms with Crippen LogP contribution in [-0.4, -0.2) is 45.2 Å². The molecule has 3 N–H and O–H groups in total. The Labute approximate surface area is 179 Å². The predicted octanol–water partition coefficient (Wildman–Crippen LogP) is 3.46. The van der Waals surface area contributed by atoms with E-state index in [1.54, 1.807) is 13.1 Å². The summed E-state index contributed by atoms with van der Waals surface area (Å²) in [6.45, 7) is 10.1. The first-order valence-electron chi connectivity index (χ1n) is 10.6. The number of hydrogen-bond donors (Lipinski definition) is 3. The van der Waals surface area contributed by atoms with Gasteiger partial charge in [-0.15, -0.1) is 0 Å². The zero-order chi connectivity index (χ0) is 22.1. The molecule has 0 bridgehead atoms. The minimum Gasteiger partial charge on any atom is -0.494 e. The summed E-state index contributed by atoms with van der Waals surface area (Å²) in [5, 5.41) is 24.0. The predicted molar refractivity (Wildman–Crippen MR) is 117 cm³/mol. The van der Waals surface area contributed by atoms with Crippen molar-refractivity contribution >= 4 is 0 Å². The highest BCUT2D eigenvalue weighted by Crippen LogP contribution is 2.22. The summed E-state index contributed by atoms with van der Waals surface area (Å²) in [6.07, 6.45) is 2.15. The number of aliphatic hydroxyl groups is 2. The van der Waals surface area contributed by atoms with E-state index in [4.69, 9.17) is 9.47 Å². The highest BCUT2D eigenvalue weighted by atomic mass is 16.5. The summed E-state index contributed by atoms with van der Waals surface area (Å²) in [7, 11) is 0. The second kappa shape index (κ2) is 11.8. The molecule has 2 aromatic rings. The van der Waals surface area contributed by atoms with Gasteiger partial charge in [-0.1, -0.05) is 13.3 Å². The molecule has 30 heavy (non-hydrogen) atoms. The molecule has 7 nitrogen and oxygen atoms in total. The molecule has 0 saturated heterocycles. The van der Waals surface area contributed by atoms with Gasteiger partial charge in [0.05, 0.1) is 12.7 Å². The number of unbranched alkanes of at least 4 members (excludes halogenated alkanes) is 1. The maximum atomic E-state index is 10.6. The maximum Gasteiger partial charge on any atom is 0.176 e. The number of aromatic nitrogens is 2. The van der Waals surface area contributed by atoms with Crippen LogP contribution in [0.5, 0.6) is 11.5 Å². The summed E-state index contributed by atoms with van der Waals surface area (Å²) in [5.74, 6) is 2.11. The number of nitrogens with zero attached hydrogens (tertiary/aromatic N) is 2. The lowest BCUT2D eigenvalue weighted by atomic mass is 10.0. The number of hydrogen-bond acceptors (Lipinski definition) is 7. The van der Waals surface area contributed by atoms with Crippen molar-refractivity contribution in [2.24, 2.45) is 0 Å². The van der Waals surface area contributed by atoms with Crippen LogP contribution in [0.4, 0.5) is 0 Å². The Kier molecular flexibility index (Phi) is 9.49. The fourth-order valence-electron chi connectivity index (χ4n) is 3.10. The summed E-state index contributed by atoms with van der Waals surface area (Å²) < 4.78 is 11.6. The van der Waals surface area contributed by atoms with E-state index < -0.39 is 18.4 Å². The Hall–Kier alpha value is -2.22. The average molecular weight is 418 g/mol. The van der Waals surface area contributed by atoms with Crippen LogP contribution < -0.4 is 14.8 Å². The monoisotopic (exact) mass is 417 g/mol. The number of aryl methyl sites for hydroxylation is 2. The number of aliphatic hydroxyl groups excluding tert-OH is 2. The van der Waals surface area contributed by atoms with Crippen LogP contribution in [-0.2, 0) is 0 Å². The molecule has 4 atom stereocenters. The molecule has 0 aliphatic rings. The highest BCUT2D eigenvalue weighted by Gasteiger charge is 2.22. The Morgan fingerprint density at radius 3 is 2.33 bits per heavy atom. The lowest BCUT2D eigenvalue weighted by Gasteiger charge is -2.27. The van der Waals surface area contributed by atoms with Crippen molar-refractivity contribution in [2.45, 2.75) is 78.4 Å². The molecule has 2 rings (SSSR count). The molecule has 4 unspecified atom stereocenters. The van der Waals surface area contributed by atoms with E-state index >= 15 is 0 Å². The van der Waals surface area contributed by atoms with Crippen LogP contribution in [0, 0.1) is 13.8 Å². The van der Waals surface area contributed by atoms with Gasteiger partial charge in [0, 0.05) is 23.5 Å². The van der Waals surface area contributed by atoms with Crippen LogP contribution in [0.1, 0.15) is 63.2 Å². The standard InChI is InChI=1S/C23H35N3O4/c1-6-7-12-29-19-8-10-20(11-9-19)30-23(17(4)27)25-15(2)13-22(28)21-14-24-18(5)26-16(21)3/h8-11,14-15,17,22-23,25,27-28H,6-7,12-13H2,1-5H3. The van der Waals surface area contributed by atoms with Gasteiger partial charge in [0.1, 0.15) is 23.4 Å². The van der Waals surface area contributed by atoms with Gasteiger partial charge in [0.2, 0.25) is 0 Å². The van der Waals surface area contributed by atoms with Gasteiger partial charge >= 0.3 is 0 Å². The van der Waals surface area contributed by atoms with E-state index in [9.17, 15) is 10.2 Å². The number of nitrogens with one attached hydrogen (secondary N) is 1. The molecule has 0 radical (unpaired) electrons. The lowest BCUT2D eigenvalue weighted by molar-refractivity contribution is 0.0154. The van der Waals surface area contributed by atoms with E-state index in [1.165, 1.54) is 0 Å². The molecular weight excluding hydrogens is 382 g/mol. The van der Waals surface area contributed by atoms with Crippen LogP contribution in [0.25, 0.3) is 0 Å². The number of rotatable bonds is 12. The van der Waals surface area contributed by atoms with Gasteiger partial charge in [0.15, 0.2) is 6.23 Å². The normalized spacial score (nSPS) is 15.3. The van der Waals surface area contributed by atoms with Crippen molar-refractivity contribution in [3.05, 3.63) is 47.5 Å².